The van der Waals surface area contributed by atoms with E-state index in [2.05, 4.69) is 14.8 Å². The van der Waals surface area contributed by atoms with E-state index < -0.39 is 32.5 Å². The summed E-state index contributed by atoms with van der Waals surface area (Å²) >= 11 is 0. The first-order chi connectivity index (χ1) is 16.6. The molecule has 0 unspecified atom stereocenters. The molecule has 0 atom stereocenters. The van der Waals surface area contributed by atoms with Crippen molar-refractivity contribution >= 4 is 39.0 Å². The van der Waals surface area contributed by atoms with Gasteiger partial charge in [0.2, 0.25) is 0 Å². The Balaban J connectivity index is 1.93. The van der Waals surface area contributed by atoms with Crippen LogP contribution in [0.15, 0.2) is 65.6 Å². The van der Waals surface area contributed by atoms with Gasteiger partial charge >= 0.3 is 5.97 Å². The maximum Gasteiger partial charge on any atom is 0.338 e. The Morgan fingerprint density at radius 2 is 1.66 bits per heavy atom. The molecule has 0 heterocycles. The first-order valence-corrected chi connectivity index (χ1v) is 11.5. The number of nitro benzene ring substituents is 1. The minimum atomic E-state index is -4.07. The van der Waals surface area contributed by atoms with E-state index in [0.717, 1.165) is 25.3 Å². The average molecular weight is 500 g/mol. The Morgan fingerprint density at radius 1 is 0.971 bits per heavy atom. The van der Waals surface area contributed by atoms with Gasteiger partial charge < -0.3 is 14.8 Å². The average Bonchev–Trinajstić information content (AvgIpc) is 2.84. The molecule has 0 aliphatic heterocycles. The number of sulfonamides is 1. The van der Waals surface area contributed by atoms with Crippen LogP contribution in [0.2, 0.25) is 0 Å². The van der Waals surface area contributed by atoms with Crippen molar-refractivity contribution in [1.29, 1.82) is 0 Å². The van der Waals surface area contributed by atoms with Crippen LogP contribution in [0, 0.1) is 17.0 Å². The van der Waals surface area contributed by atoms with Crippen LogP contribution in [0.3, 0.4) is 0 Å². The fourth-order valence-corrected chi connectivity index (χ4v) is 4.52. The van der Waals surface area contributed by atoms with Crippen molar-refractivity contribution in [2.75, 3.05) is 24.3 Å². The van der Waals surface area contributed by atoms with E-state index in [9.17, 15) is 28.1 Å². The number of carbonyl (C=O) groups is 2. The lowest BCUT2D eigenvalue weighted by atomic mass is 10.1. The van der Waals surface area contributed by atoms with Gasteiger partial charge in [0, 0.05) is 23.4 Å². The molecular weight excluding hydrogens is 478 g/mol. The molecule has 0 radical (unpaired) electrons. The summed E-state index contributed by atoms with van der Waals surface area (Å²) in [5.41, 5.74) is -0.0837. The largest absolute Gasteiger partial charge is 0.495 e. The first-order valence-electron chi connectivity index (χ1n) is 10.0. The molecule has 3 aromatic carbocycles. The highest BCUT2D eigenvalue weighted by Crippen LogP contribution is 2.28. The van der Waals surface area contributed by atoms with Crippen LogP contribution in [-0.2, 0) is 14.8 Å². The maximum absolute atomic E-state index is 13.1. The number of nitrogens with one attached hydrogen (secondary N) is 2. The molecule has 0 spiro atoms. The molecule has 0 saturated carbocycles. The third-order valence-corrected chi connectivity index (χ3v) is 6.41. The van der Waals surface area contributed by atoms with E-state index in [1.54, 1.807) is 31.2 Å². The summed E-state index contributed by atoms with van der Waals surface area (Å²) in [6.45, 7) is 1.59. The second-order valence-electron chi connectivity index (χ2n) is 7.26. The molecule has 2 N–H and O–H groups in total. The number of ether oxygens (including phenoxy) is 2. The number of hydrogen-bond acceptors (Lipinski definition) is 8. The molecule has 0 saturated heterocycles. The lowest BCUT2D eigenvalue weighted by molar-refractivity contribution is -0.384. The van der Waals surface area contributed by atoms with Gasteiger partial charge in [0.15, 0.2) is 0 Å². The monoisotopic (exact) mass is 499 g/mol. The van der Waals surface area contributed by atoms with Crippen LogP contribution in [0.1, 0.15) is 26.3 Å². The van der Waals surface area contributed by atoms with Gasteiger partial charge in [-0.2, -0.15) is 0 Å². The number of esters is 1. The predicted octanol–water partition coefficient (Wildman–Crippen LogP) is 3.75. The molecule has 0 aromatic heterocycles. The molecule has 0 bridgehead atoms. The summed E-state index contributed by atoms with van der Waals surface area (Å²) in [7, 11) is -1.55. The second-order valence-corrected chi connectivity index (χ2v) is 8.91. The normalized spacial score (nSPS) is 10.8. The van der Waals surface area contributed by atoms with Gasteiger partial charge in [-0.1, -0.05) is 18.2 Å². The molecule has 0 aliphatic carbocycles. The molecule has 1 amide bonds. The van der Waals surface area contributed by atoms with Crippen molar-refractivity contribution in [2.45, 2.75) is 11.8 Å². The number of para-hydroxylation sites is 2. The van der Waals surface area contributed by atoms with Crippen molar-refractivity contribution < 1.29 is 32.4 Å². The maximum atomic E-state index is 13.1. The summed E-state index contributed by atoms with van der Waals surface area (Å²) in [5.74, 6) is -1.32. The quantitative estimate of drug-likeness (QED) is 0.270. The van der Waals surface area contributed by atoms with Gasteiger partial charge in [0.1, 0.15) is 5.75 Å². The fraction of sp³-hybridized carbons (Fsp3) is 0.130. The molecule has 35 heavy (non-hydrogen) atoms. The van der Waals surface area contributed by atoms with E-state index in [0.29, 0.717) is 11.3 Å². The number of non-ortho nitro benzene ring substituents is 1. The third kappa shape index (κ3) is 5.73. The van der Waals surface area contributed by atoms with Crippen LogP contribution < -0.4 is 14.8 Å². The number of amides is 1. The summed E-state index contributed by atoms with van der Waals surface area (Å²) in [6, 6.07) is 13.8. The molecule has 12 heteroatoms. The minimum absolute atomic E-state index is 0.101. The number of nitro groups is 1. The number of aryl methyl sites for hydroxylation is 1. The van der Waals surface area contributed by atoms with Gasteiger partial charge in [0.05, 0.1) is 35.3 Å². The summed E-state index contributed by atoms with van der Waals surface area (Å²) in [6.07, 6.45) is 0. The Labute approximate surface area is 200 Å². The topological polar surface area (TPSA) is 154 Å². The fourth-order valence-electron chi connectivity index (χ4n) is 3.18. The number of hydrogen-bond donors (Lipinski definition) is 2. The highest BCUT2D eigenvalue weighted by molar-refractivity contribution is 7.92. The lowest BCUT2D eigenvalue weighted by Crippen LogP contribution is -2.17. The minimum Gasteiger partial charge on any atom is -0.495 e. The summed E-state index contributed by atoms with van der Waals surface area (Å²) in [5, 5.41) is 13.7. The standard InChI is InChI=1S/C23H21N3O8S/c1-14-8-9-17(13-21(14)35(31,32)25-19-6-4-5-7-20(19)33-2)24-22(27)15-10-16(23(28)34-3)12-18(11-15)26(29)30/h4-13,25H,1-3H3,(H,24,27). The molecule has 0 aliphatic rings. The Kier molecular flexibility index (Phi) is 7.35. The predicted molar refractivity (Wildman–Crippen MR) is 127 cm³/mol. The highest BCUT2D eigenvalue weighted by Gasteiger charge is 2.22. The molecule has 11 nitrogen and oxygen atoms in total. The summed E-state index contributed by atoms with van der Waals surface area (Å²) in [4.78, 5) is 35.0. The second kappa shape index (κ2) is 10.2. The zero-order valence-electron chi connectivity index (χ0n) is 18.9. The number of carbonyl (C=O) groups excluding carboxylic acids is 2. The number of methoxy groups -OCH3 is 2. The molecule has 3 aromatic rings. The van der Waals surface area contributed by atoms with E-state index in [4.69, 9.17) is 4.74 Å². The first kappa shape index (κ1) is 25.2. The zero-order chi connectivity index (χ0) is 25.8. The van der Waals surface area contributed by atoms with Crippen molar-refractivity contribution in [2.24, 2.45) is 0 Å². The van der Waals surface area contributed by atoms with Crippen LogP contribution in [-0.4, -0.2) is 39.4 Å². The van der Waals surface area contributed by atoms with E-state index in [1.165, 1.54) is 25.3 Å². The Bertz CT molecular complexity index is 1420. The van der Waals surface area contributed by atoms with Crippen LogP contribution in [0.5, 0.6) is 5.75 Å². The molecule has 182 valence electrons. The molecular formula is C23H21N3O8S. The van der Waals surface area contributed by atoms with Crippen molar-refractivity contribution in [3.05, 3.63) is 87.5 Å². The smallest absolute Gasteiger partial charge is 0.338 e. The van der Waals surface area contributed by atoms with Crippen LogP contribution >= 0.6 is 0 Å². The summed E-state index contributed by atoms with van der Waals surface area (Å²) < 4.78 is 38.4. The highest BCUT2D eigenvalue weighted by atomic mass is 32.2. The van der Waals surface area contributed by atoms with Gasteiger partial charge in [-0.15, -0.1) is 0 Å². The van der Waals surface area contributed by atoms with E-state index in [1.807, 2.05) is 0 Å². The van der Waals surface area contributed by atoms with E-state index >= 15 is 0 Å². The Hall–Kier alpha value is -4.45. The van der Waals surface area contributed by atoms with Crippen molar-refractivity contribution in [3.63, 3.8) is 0 Å². The lowest BCUT2D eigenvalue weighted by Gasteiger charge is -2.14. The number of rotatable bonds is 8. The van der Waals surface area contributed by atoms with E-state index in [-0.39, 0.29) is 27.4 Å². The number of anilines is 2. The molecule has 0 fully saturated rings. The van der Waals surface area contributed by atoms with Crippen LogP contribution in [0.25, 0.3) is 0 Å². The van der Waals surface area contributed by atoms with Gasteiger partial charge in [0.25, 0.3) is 21.6 Å². The van der Waals surface area contributed by atoms with Crippen molar-refractivity contribution in [1.82, 2.24) is 0 Å². The molecule has 3 rings (SSSR count). The van der Waals surface area contributed by atoms with Gasteiger partial charge in [-0.25, -0.2) is 13.2 Å². The van der Waals surface area contributed by atoms with Crippen molar-refractivity contribution in [3.8, 4) is 5.75 Å². The zero-order valence-corrected chi connectivity index (χ0v) is 19.7. The third-order valence-electron chi connectivity index (χ3n) is 4.90. The van der Waals surface area contributed by atoms with Gasteiger partial charge in [-0.05, 0) is 42.8 Å². The number of nitrogens with zero attached hydrogens (tertiary/aromatic N) is 1. The SMILES string of the molecule is COC(=O)c1cc(C(=O)Nc2ccc(C)c(S(=O)(=O)Nc3ccccc3OC)c2)cc([N+](=O)[O-])c1. The van der Waals surface area contributed by atoms with Gasteiger partial charge in [-0.3, -0.25) is 19.6 Å². The Morgan fingerprint density at radius 3 is 2.31 bits per heavy atom. The van der Waals surface area contributed by atoms with Crippen LogP contribution in [0.4, 0.5) is 17.1 Å². The number of benzene rings is 3.